The van der Waals surface area contributed by atoms with E-state index in [4.69, 9.17) is 5.73 Å². The first kappa shape index (κ1) is 18.9. The lowest BCUT2D eigenvalue weighted by Crippen LogP contribution is -2.43. The Morgan fingerprint density at radius 1 is 1.28 bits per heavy atom. The van der Waals surface area contributed by atoms with Crippen LogP contribution >= 0.6 is 0 Å². The quantitative estimate of drug-likeness (QED) is 0.710. The Bertz CT molecular complexity index is 294. The molecule has 3 N–H and O–H groups in total. The van der Waals surface area contributed by atoms with E-state index in [1.807, 2.05) is 27.7 Å². The summed E-state index contributed by atoms with van der Waals surface area (Å²) in [6.07, 6.45) is 3.38. The van der Waals surface area contributed by atoms with Crippen molar-refractivity contribution in [1.29, 1.82) is 0 Å². The average Bonchev–Trinajstić information content (AvgIpc) is 2.27. The van der Waals surface area contributed by atoms with Gasteiger partial charge in [-0.15, -0.1) is 0 Å². The third-order valence-electron chi connectivity index (χ3n) is 2.19. The van der Waals surface area contributed by atoms with Gasteiger partial charge in [-0.1, -0.05) is 27.0 Å². The van der Waals surface area contributed by atoms with E-state index in [0.717, 1.165) is 6.42 Å². The van der Waals surface area contributed by atoms with Crippen molar-refractivity contribution in [3.63, 3.8) is 0 Å². The summed E-state index contributed by atoms with van der Waals surface area (Å²) in [7, 11) is 0. The standard InChI is InChI=1S/C8H16N2O.C6H10O/c1-4-7(11)10-8(2,3)5-6-9;1-4-6(7)5(2)3/h4H,1,5-6,9H2,2-3H3,(H,10,11);4-5H,1H2,2-3H3. The normalized spacial score (nSPS) is 10.1. The van der Waals surface area contributed by atoms with Crippen LogP contribution in [0.4, 0.5) is 0 Å². The third-order valence-corrected chi connectivity index (χ3v) is 2.19. The van der Waals surface area contributed by atoms with Crippen molar-refractivity contribution in [1.82, 2.24) is 5.32 Å². The largest absolute Gasteiger partial charge is 0.348 e. The number of hydrogen-bond donors (Lipinski definition) is 2. The van der Waals surface area contributed by atoms with E-state index in [-0.39, 0.29) is 23.1 Å². The molecule has 0 heterocycles. The highest BCUT2D eigenvalue weighted by molar-refractivity contribution is 5.90. The molecule has 1 amide bonds. The first-order valence-corrected chi connectivity index (χ1v) is 6.01. The highest BCUT2D eigenvalue weighted by atomic mass is 16.1. The molecule has 4 nitrogen and oxygen atoms in total. The van der Waals surface area contributed by atoms with Gasteiger partial charge < -0.3 is 11.1 Å². The molecule has 0 aliphatic carbocycles. The van der Waals surface area contributed by atoms with Crippen molar-refractivity contribution >= 4 is 11.7 Å². The summed E-state index contributed by atoms with van der Waals surface area (Å²) in [6.45, 7) is 14.8. The average molecular weight is 254 g/mol. The minimum Gasteiger partial charge on any atom is -0.348 e. The van der Waals surface area contributed by atoms with E-state index in [9.17, 15) is 9.59 Å². The lowest BCUT2D eigenvalue weighted by atomic mass is 10.0. The van der Waals surface area contributed by atoms with Crippen LogP contribution in [0, 0.1) is 5.92 Å². The molecule has 0 radical (unpaired) electrons. The summed E-state index contributed by atoms with van der Waals surface area (Å²) in [5, 5.41) is 2.77. The molecule has 0 aromatic rings. The monoisotopic (exact) mass is 254 g/mol. The predicted molar refractivity (Wildman–Crippen MR) is 76.1 cm³/mol. The van der Waals surface area contributed by atoms with Crippen LogP contribution in [0.25, 0.3) is 0 Å². The van der Waals surface area contributed by atoms with Gasteiger partial charge >= 0.3 is 0 Å². The number of carbonyl (C=O) groups is 2. The van der Waals surface area contributed by atoms with E-state index < -0.39 is 0 Å². The molecule has 0 aromatic heterocycles. The van der Waals surface area contributed by atoms with Crippen LogP contribution < -0.4 is 11.1 Å². The molecule has 0 aliphatic heterocycles. The number of nitrogens with two attached hydrogens (primary N) is 1. The van der Waals surface area contributed by atoms with E-state index in [1.165, 1.54) is 12.2 Å². The maximum absolute atomic E-state index is 10.8. The van der Waals surface area contributed by atoms with Gasteiger partial charge in [0.15, 0.2) is 5.78 Å². The fourth-order valence-electron chi connectivity index (χ4n) is 1.04. The zero-order valence-corrected chi connectivity index (χ0v) is 12.0. The molecule has 4 heteroatoms. The predicted octanol–water partition coefficient (Wildman–Crippen LogP) is 1.81. The van der Waals surface area contributed by atoms with Crippen LogP contribution in [0.3, 0.4) is 0 Å². The summed E-state index contributed by atoms with van der Waals surface area (Å²) in [5.41, 5.74) is 5.13. The van der Waals surface area contributed by atoms with Gasteiger partial charge in [-0.05, 0) is 39.0 Å². The summed E-state index contributed by atoms with van der Waals surface area (Å²) in [6, 6.07) is 0. The second-order valence-electron chi connectivity index (χ2n) is 4.88. The van der Waals surface area contributed by atoms with Crippen LogP contribution in [-0.4, -0.2) is 23.8 Å². The molecule has 0 bridgehead atoms. The molecule has 0 aromatic carbocycles. The lowest BCUT2D eigenvalue weighted by molar-refractivity contribution is -0.118. The lowest BCUT2D eigenvalue weighted by Gasteiger charge is -2.24. The third kappa shape index (κ3) is 11.1. The van der Waals surface area contributed by atoms with Crippen molar-refractivity contribution in [2.24, 2.45) is 11.7 Å². The number of nitrogens with one attached hydrogen (secondary N) is 1. The summed E-state index contributed by atoms with van der Waals surface area (Å²) >= 11 is 0. The minimum absolute atomic E-state index is 0.109. The zero-order chi connectivity index (χ0) is 14.8. The van der Waals surface area contributed by atoms with Crippen LogP contribution in [0.2, 0.25) is 0 Å². The fraction of sp³-hybridized carbons (Fsp3) is 0.571. The maximum atomic E-state index is 10.8. The summed E-state index contributed by atoms with van der Waals surface area (Å²) < 4.78 is 0. The maximum Gasteiger partial charge on any atom is 0.243 e. The van der Waals surface area contributed by atoms with Gasteiger partial charge in [0.1, 0.15) is 0 Å². The van der Waals surface area contributed by atoms with E-state index in [1.54, 1.807) is 0 Å². The Labute approximate surface area is 110 Å². The molecular weight excluding hydrogens is 228 g/mol. The van der Waals surface area contributed by atoms with Crippen LogP contribution in [-0.2, 0) is 9.59 Å². The first-order valence-electron chi connectivity index (χ1n) is 6.01. The van der Waals surface area contributed by atoms with E-state index >= 15 is 0 Å². The van der Waals surface area contributed by atoms with Crippen molar-refractivity contribution in [2.75, 3.05) is 6.54 Å². The molecule has 0 unspecified atom stereocenters. The Balaban J connectivity index is 0. The number of hydrogen-bond acceptors (Lipinski definition) is 3. The molecule has 0 fully saturated rings. The van der Waals surface area contributed by atoms with Crippen LogP contribution in [0.1, 0.15) is 34.1 Å². The molecule has 104 valence electrons. The second-order valence-corrected chi connectivity index (χ2v) is 4.88. The molecule has 0 atom stereocenters. The molecule has 0 saturated carbocycles. The Morgan fingerprint density at radius 2 is 1.78 bits per heavy atom. The Kier molecular flexibility index (Phi) is 10.1. The second kappa shape index (κ2) is 9.59. The van der Waals surface area contributed by atoms with Crippen LogP contribution in [0.15, 0.2) is 25.3 Å². The number of allylic oxidation sites excluding steroid dienone is 1. The van der Waals surface area contributed by atoms with Gasteiger partial charge in [-0.3, -0.25) is 9.59 Å². The highest BCUT2D eigenvalue weighted by Crippen LogP contribution is 2.05. The zero-order valence-electron chi connectivity index (χ0n) is 12.0. The summed E-state index contributed by atoms with van der Waals surface area (Å²) in [4.78, 5) is 21.2. The van der Waals surface area contributed by atoms with Crippen molar-refractivity contribution in [3.8, 4) is 0 Å². The van der Waals surface area contributed by atoms with Crippen molar-refractivity contribution < 1.29 is 9.59 Å². The fourth-order valence-corrected chi connectivity index (χ4v) is 1.04. The molecule has 0 spiro atoms. The van der Waals surface area contributed by atoms with Crippen molar-refractivity contribution in [2.45, 2.75) is 39.7 Å². The van der Waals surface area contributed by atoms with Gasteiger partial charge in [-0.2, -0.15) is 0 Å². The topological polar surface area (TPSA) is 72.2 Å². The highest BCUT2D eigenvalue weighted by Gasteiger charge is 2.17. The number of rotatable bonds is 6. The number of carbonyl (C=O) groups excluding carboxylic acids is 2. The van der Waals surface area contributed by atoms with Gasteiger partial charge in [0.2, 0.25) is 5.91 Å². The van der Waals surface area contributed by atoms with E-state index in [0.29, 0.717) is 6.54 Å². The molecule has 0 aliphatic rings. The number of ketones is 1. The van der Waals surface area contributed by atoms with Gasteiger partial charge in [0.05, 0.1) is 0 Å². The minimum atomic E-state index is -0.222. The van der Waals surface area contributed by atoms with Gasteiger partial charge in [0.25, 0.3) is 0 Å². The van der Waals surface area contributed by atoms with Crippen LogP contribution in [0.5, 0.6) is 0 Å². The van der Waals surface area contributed by atoms with Gasteiger partial charge in [0, 0.05) is 11.5 Å². The first-order chi connectivity index (χ1) is 8.20. The smallest absolute Gasteiger partial charge is 0.243 e. The summed E-state index contributed by atoms with van der Waals surface area (Å²) in [5.74, 6) is 0.0703. The van der Waals surface area contributed by atoms with Crippen molar-refractivity contribution in [3.05, 3.63) is 25.3 Å². The molecule has 0 saturated heterocycles. The Morgan fingerprint density at radius 3 is 2.00 bits per heavy atom. The molecule has 0 rings (SSSR count). The Hall–Kier alpha value is -1.42. The number of amides is 1. The molecular formula is C14H26N2O2. The van der Waals surface area contributed by atoms with Gasteiger partial charge in [-0.25, -0.2) is 0 Å². The van der Waals surface area contributed by atoms with E-state index in [2.05, 4.69) is 18.5 Å². The molecule has 18 heavy (non-hydrogen) atoms. The SMILES string of the molecule is C=CC(=O)C(C)C.C=CC(=O)NC(C)(C)CCN.